The van der Waals surface area contributed by atoms with Crippen LogP contribution >= 0.6 is 0 Å². The molecule has 0 fully saturated rings. The summed E-state index contributed by atoms with van der Waals surface area (Å²) in [7, 11) is 0. The zero-order valence-corrected chi connectivity index (χ0v) is 7.12. The lowest BCUT2D eigenvalue weighted by Crippen LogP contribution is -2.48. The maximum Gasteiger partial charge on any atom is 0.233 e. The molecular formula is C7H16N2O. The number of rotatable bonds is 2. The van der Waals surface area contributed by atoms with E-state index in [1.807, 2.05) is 27.7 Å². The lowest BCUT2D eigenvalue weighted by molar-refractivity contribution is -0.122. The average Bonchev–Trinajstić information content (AvgIpc) is 1.81. The molecule has 0 rings (SSSR count). The molecule has 10 heavy (non-hydrogen) atoms. The molecule has 0 heterocycles. The van der Waals surface area contributed by atoms with E-state index in [-0.39, 0.29) is 11.4 Å². The minimum absolute atomic E-state index is 0.0231. The summed E-state index contributed by atoms with van der Waals surface area (Å²) >= 11 is 0. The van der Waals surface area contributed by atoms with Gasteiger partial charge in [-0.15, -0.1) is 0 Å². The van der Waals surface area contributed by atoms with Gasteiger partial charge in [0, 0.05) is 12.0 Å². The summed E-state index contributed by atoms with van der Waals surface area (Å²) < 4.78 is 0. The molecule has 0 aliphatic rings. The van der Waals surface area contributed by atoms with Crippen molar-refractivity contribution < 1.29 is 4.79 Å². The van der Waals surface area contributed by atoms with E-state index in [9.17, 15) is 4.79 Å². The van der Waals surface area contributed by atoms with Gasteiger partial charge < -0.3 is 0 Å². The number of hydrazine groups is 1. The minimum atomic E-state index is -0.0508. The molecule has 0 bridgehead atoms. The van der Waals surface area contributed by atoms with E-state index in [0.717, 1.165) is 0 Å². The van der Waals surface area contributed by atoms with Crippen LogP contribution in [0.2, 0.25) is 0 Å². The third-order valence-electron chi connectivity index (χ3n) is 0.898. The van der Waals surface area contributed by atoms with Crippen molar-refractivity contribution in [1.82, 2.24) is 10.9 Å². The van der Waals surface area contributed by atoms with Crippen molar-refractivity contribution in [3.63, 3.8) is 0 Å². The van der Waals surface area contributed by atoms with E-state index in [0.29, 0.717) is 6.42 Å². The van der Waals surface area contributed by atoms with Gasteiger partial charge in [-0.3, -0.25) is 10.2 Å². The monoisotopic (exact) mass is 144 g/mol. The smallest absolute Gasteiger partial charge is 0.233 e. The number of hydrogen-bond donors (Lipinski definition) is 2. The molecular weight excluding hydrogens is 128 g/mol. The zero-order valence-electron chi connectivity index (χ0n) is 7.12. The highest BCUT2D eigenvalue weighted by molar-refractivity contribution is 5.74. The third kappa shape index (κ3) is 5.56. The number of amides is 1. The van der Waals surface area contributed by atoms with Crippen LogP contribution in [-0.4, -0.2) is 11.4 Å². The van der Waals surface area contributed by atoms with Crippen molar-refractivity contribution in [2.45, 2.75) is 39.7 Å². The summed E-state index contributed by atoms with van der Waals surface area (Å²) in [5.41, 5.74) is 5.41. The lowest BCUT2D eigenvalue weighted by atomic mass is 10.1. The third-order valence-corrected chi connectivity index (χ3v) is 0.898. The van der Waals surface area contributed by atoms with Crippen LogP contribution in [0.5, 0.6) is 0 Å². The summed E-state index contributed by atoms with van der Waals surface area (Å²) in [5.74, 6) is 0.0231. The molecule has 60 valence electrons. The Balaban J connectivity index is 3.46. The number of nitrogens with one attached hydrogen (secondary N) is 2. The molecule has 1 amide bonds. The SMILES string of the molecule is CCC(=O)NNC(C)(C)C. The molecule has 0 aliphatic carbocycles. The van der Waals surface area contributed by atoms with E-state index >= 15 is 0 Å². The van der Waals surface area contributed by atoms with Gasteiger partial charge in [0.1, 0.15) is 0 Å². The fourth-order valence-corrected chi connectivity index (χ4v) is 0.346. The molecule has 0 aromatic carbocycles. The fraction of sp³-hybridized carbons (Fsp3) is 0.857. The van der Waals surface area contributed by atoms with Crippen LogP contribution in [0.25, 0.3) is 0 Å². The van der Waals surface area contributed by atoms with Crippen molar-refractivity contribution >= 4 is 5.91 Å². The van der Waals surface area contributed by atoms with Gasteiger partial charge in [-0.05, 0) is 20.8 Å². The van der Waals surface area contributed by atoms with Crippen LogP contribution in [0.15, 0.2) is 0 Å². The Hall–Kier alpha value is -0.570. The minimum Gasteiger partial charge on any atom is -0.291 e. The maximum absolute atomic E-state index is 10.7. The summed E-state index contributed by atoms with van der Waals surface area (Å²) in [5, 5.41) is 0. The molecule has 0 saturated carbocycles. The predicted molar refractivity (Wildman–Crippen MR) is 41.3 cm³/mol. The Morgan fingerprint density at radius 2 is 1.90 bits per heavy atom. The van der Waals surface area contributed by atoms with E-state index in [2.05, 4.69) is 10.9 Å². The first-order valence-corrected chi connectivity index (χ1v) is 3.51. The van der Waals surface area contributed by atoms with Crippen molar-refractivity contribution in [1.29, 1.82) is 0 Å². The van der Waals surface area contributed by atoms with Gasteiger partial charge in [0.2, 0.25) is 5.91 Å². The van der Waals surface area contributed by atoms with E-state index in [4.69, 9.17) is 0 Å². The summed E-state index contributed by atoms with van der Waals surface area (Å²) in [6, 6.07) is 0. The molecule has 3 heteroatoms. The quantitative estimate of drug-likeness (QED) is 0.563. The van der Waals surface area contributed by atoms with Crippen LogP contribution in [0.1, 0.15) is 34.1 Å². The second-order valence-corrected chi connectivity index (χ2v) is 3.28. The highest BCUT2D eigenvalue weighted by atomic mass is 16.2. The van der Waals surface area contributed by atoms with Gasteiger partial charge in [-0.2, -0.15) is 0 Å². The Kier molecular flexibility index (Phi) is 3.36. The van der Waals surface area contributed by atoms with Crippen molar-refractivity contribution in [2.75, 3.05) is 0 Å². The van der Waals surface area contributed by atoms with Gasteiger partial charge in [0.15, 0.2) is 0 Å². The molecule has 0 saturated heterocycles. The second kappa shape index (κ2) is 3.56. The molecule has 0 unspecified atom stereocenters. The molecule has 0 aliphatic heterocycles. The topological polar surface area (TPSA) is 41.1 Å². The molecule has 2 N–H and O–H groups in total. The Bertz CT molecular complexity index is 115. The van der Waals surface area contributed by atoms with Crippen LogP contribution in [0.3, 0.4) is 0 Å². The predicted octanol–water partition coefficient (Wildman–Crippen LogP) is 0.816. The maximum atomic E-state index is 10.7. The molecule has 0 spiro atoms. The first kappa shape index (κ1) is 9.43. The molecule has 0 aromatic rings. The summed E-state index contributed by atoms with van der Waals surface area (Å²) in [4.78, 5) is 10.7. The normalized spacial score (nSPS) is 11.2. The second-order valence-electron chi connectivity index (χ2n) is 3.28. The highest BCUT2D eigenvalue weighted by Gasteiger charge is 2.08. The highest BCUT2D eigenvalue weighted by Crippen LogP contribution is 1.95. The number of hydrogen-bond acceptors (Lipinski definition) is 2. The Morgan fingerprint density at radius 3 is 2.20 bits per heavy atom. The Morgan fingerprint density at radius 1 is 1.40 bits per heavy atom. The van der Waals surface area contributed by atoms with Gasteiger partial charge in [0.25, 0.3) is 0 Å². The molecule has 0 radical (unpaired) electrons. The van der Waals surface area contributed by atoms with Crippen LogP contribution in [0, 0.1) is 0 Å². The number of carbonyl (C=O) groups excluding carboxylic acids is 1. The van der Waals surface area contributed by atoms with E-state index in [1.165, 1.54) is 0 Å². The Labute approximate surface area is 62.2 Å². The first-order valence-electron chi connectivity index (χ1n) is 3.51. The van der Waals surface area contributed by atoms with Crippen molar-refractivity contribution in [3.05, 3.63) is 0 Å². The zero-order chi connectivity index (χ0) is 8.20. The number of carbonyl (C=O) groups is 1. The van der Waals surface area contributed by atoms with Gasteiger partial charge in [-0.25, -0.2) is 5.43 Å². The molecule has 0 atom stereocenters. The van der Waals surface area contributed by atoms with Crippen LogP contribution in [0.4, 0.5) is 0 Å². The van der Waals surface area contributed by atoms with Crippen molar-refractivity contribution in [3.8, 4) is 0 Å². The summed E-state index contributed by atoms with van der Waals surface area (Å²) in [6.07, 6.45) is 0.517. The van der Waals surface area contributed by atoms with Crippen LogP contribution < -0.4 is 10.9 Å². The molecule has 3 nitrogen and oxygen atoms in total. The van der Waals surface area contributed by atoms with Crippen molar-refractivity contribution in [2.24, 2.45) is 0 Å². The van der Waals surface area contributed by atoms with Gasteiger partial charge in [0.05, 0.1) is 0 Å². The fourth-order valence-electron chi connectivity index (χ4n) is 0.346. The molecule has 0 aromatic heterocycles. The van der Waals surface area contributed by atoms with Gasteiger partial charge >= 0.3 is 0 Å². The van der Waals surface area contributed by atoms with Crippen LogP contribution in [-0.2, 0) is 4.79 Å². The first-order chi connectivity index (χ1) is 4.45. The summed E-state index contributed by atoms with van der Waals surface area (Å²) in [6.45, 7) is 7.79. The van der Waals surface area contributed by atoms with E-state index in [1.54, 1.807) is 0 Å². The average molecular weight is 144 g/mol. The standard InChI is InChI=1S/C7H16N2O/c1-5-6(10)8-9-7(2,3)4/h9H,5H2,1-4H3,(H,8,10). The lowest BCUT2D eigenvalue weighted by Gasteiger charge is -2.20. The van der Waals surface area contributed by atoms with E-state index < -0.39 is 0 Å². The largest absolute Gasteiger partial charge is 0.291 e. The van der Waals surface area contributed by atoms with Gasteiger partial charge in [-0.1, -0.05) is 6.92 Å².